The van der Waals surface area contributed by atoms with Gasteiger partial charge in [-0.25, -0.2) is 13.1 Å². The first-order valence-electron chi connectivity index (χ1n) is 6.05. The van der Waals surface area contributed by atoms with Crippen LogP contribution in [-0.2, 0) is 16.6 Å². The lowest BCUT2D eigenvalue weighted by Gasteiger charge is -2.05. The number of hydrogen-bond acceptors (Lipinski definition) is 4. The molecule has 0 saturated heterocycles. The van der Waals surface area contributed by atoms with Crippen molar-refractivity contribution in [2.24, 2.45) is 0 Å². The lowest BCUT2D eigenvalue weighted by molar-refractivity contribution is 0.568. The molecular formula is C13H16N2O3S. The number of nitrogens with one attached hydrogen (secondary N) is 1. The van der Waals surface area contributed by atoms with Crippen molar-refractivity contribution in [2.45, 2.75) is 19.9 Å². The number of aromatic nitrogens is 1. The summed E-state index contributed by atoms with van der Waals surface area (Å²) in [5, 5.41) is 0. The summed E-state index contributed by atoms with van der Waals surface area (Å²) >= 11 is 0. The van der Waals surface area contributed by atoms with Crippen molar-refractivity contribution >= 4 is 10.0 Å². The molecule has 0 aliphatic carbocycles. The smallest absolute Gasteiger partial charge is 0.211 e. The first-order valence-corrected chi connectivity index (χ1v) is 7.71. The van der Waals surface area contributed by atoms with Gasteiger partial charge in [0.2, 0.25) is 10.0 Å². The molecule has 0 radical (unpaired) electrons. The summed E-state index contributed by atoms with van der Waals surface area (Å²) in [5.74, 6) is 0.146. The highest BCUT2D eigenvalue weighted by Crippen LogP contribution is 2.17. The topological polar surface area (TPSA) is 72.2 Å². The van der Waals surface area contributed by atoms with Crippen LogP contribution < -0.4 is 4.72 Å². The Morgan fingerprint density at radius 3 is 2.74 bits per heavy atom. The largest absolute Gasteiger partial charge is 0.472 e. The third-order valence-corrected chi connectivity index (χ3v) is 4.14. The van der Waals surface area contributed by atoms with E-state index < -0.39 is 10.0 Å². The minimum atomic E-state index is -3.18. The Labute approximate surface area is 112 Å². The van der Waals surface area contributed by atoms with Gasteiger partial charge in [-0.3, -0.25) is 4.98 Å². The van der Waals surface area contributed by atoms with Crippen LogP contribution in [0.15, 0.2) is 41.3 Å². The molecule has 5 nitrogen and oxygen atoms in total. The summed E-state index contributed by atoms with van der Waals surface area (Å²) in [7, 11) is -3.18. The lowest BCUT2D eigenvalue weighted by atomic mass is 10.2. The molecule has 0 aliphatic rings. The summed E-state index contributed by atoms with van der Waals surface area (Å²) in [5.41, 5.74) is 2.53. The maximum Gasteiger partial charge on any atom is 0.211 e. The molecule has 0 aliphatic heterocycles. The summed E-state index contributed by atoms with van der Waals surface area (Å²) < 4.78 is 30.6. The number of sulfonamides is 1. The second-order valence-corrected chi connectivity index (χ2v) is 6.13. The predicted molar refractivity (Wildman–Crippen MR) is 72.9 cm³/mol. The molecule has 0 spiro atoms. The minimum Gasteiger partial charge on any atom is -0.472 e. The van der Waals surface area contributed by atoms with Crippen LogP contribution in [-0.4, -0.2) is 19.2 Å². The maximum atomic E-state index is 11.5. The van der Waals surface area contributed by atoms with Gasteiger partial charge in [0, 0.05) is 18.3 Å². The Morgan fingerprint density at radius 2 is 2.16 bits per heavy atom. The SMILES string of the molecule is CCCS(=O)(=O)NCc1ccc(-c2ccoc2)nc1. The quantitative estimate of drug-likeness (QED) is 0.880. The summed E-state index contributed by atoms with van der Waals surface area (Å²) in [6.07, 6.45) is 5.47. The second-order valence-electron chi connectivity index (χ2n) is 4.20. The van der Waals surface area contributed by atoms with Gasteiger partial charge in [0.1, 0.15) is 0 Å². The number of rotatable bonds is 6. The molecular weight excluding hydrogens is 264 g/mol. The molecule has 0 bridgehead atoms. The van der Waals surface area contributed by atoms with Gasteiger partial charge in [-0.15, -0.1) is 0 Å². The Hall–Kier alpha value is -1.66. The fourth-order valence-corrected chi connectivity index (χ4v) is 2.71. The van der Waals surface area contributed by atoms with Gasteiger partial charge in [-0.05, 0) is 24.1 Å². The van der Waals surface area contributed by atoms with Crippen LogP contribution in [0, 0.1) is 0 Å². The molecule has 102 valence electrons. The van der Waals surface area contributed by atoms with E-state index in [9.17, 15) is 8.42 Å². The second kappa shape index (κ2) is 5.99. The summed E-state index contributed by atoms with van der Waals surface area (Å²) in [6, 6.07) is 5.52. The third-order valence-electron chi connectivity index (χ3n) is 2.61. The monoisotopic (exact) mass is 280 g/mol. The number of nitrogens with zero attached hydrogens (tertiary/aromatic N) is 1. The van der Waals surface area contributed by atoms with Crippen molar-refractivity contribution in [3.63, 3.8) is 0 Å². The molecule has 0 atom stereocenters. The normalized spacial score (nSPS) is 11.6. The Bertz CT molecular complexity index is 604. The first-order chi connectivity index (χ1) is 9.11. The number of pyridine rings is 1. The van der Waals surface area contributed by atoms with Gasteiger partial charge >= 0.3 is 0 Å². The van der Waals surface area contributed by atoms with Crippen LogP contribution in [0.1, 0.15) is 18.9 Å². The van der Waals surface area contributed by atoms with Gasteiger partial charge in [0.15, 0.2) is 0 Å². The molecule has 19 heavy (non-hydrogen) atoms. The molecule has 2 rings (SSSR count). The van der Waals surface area contributed by atoms with Gasteiger partial charge < -0.3 is 4.42 Å². The number of hydrogen-bond donors (Lipinski definition) is 1. The summed E-state index contributed by atoms with van der Waals surface area (Å²) in [4.78, 5) is 4.27. The molecule has 0 amide bonds. The van der Waals surface area contributed by atoms with E-state index in [-0.39, 0.29) is 12.3 Å². The highest BCUT2D eigenvalue weighted by Gasteiger charge is 2.08. The third kappa shape index (κ3) is 3.90. The molecule has 1 N–H and O–H groups in total. The number of furan rings is 1. The summed E-state index contributed by atoms with van der Waals surface area (Å²) in [6.45, 7) is 2.10. The molecule has 2 aromatic heterocycles. The Kier molecular flexibility index (Phi) is 4.34. The van der Waals surface area contributed by atoms with Crippen molar-refractivity contribution in [3.8, 4) is 11.3 Å². The van der Waals surface area contributed by atoms with Crippen LogP contribution in [0.5, 0.6) is 0 Å². The zero-order valence-corrected chi connectivity index (χ0v) is 11.5. The molecule has 0 fully saturated rings. The molecule has 0 unspecified atom stereocenters. The van der Waals surface area contributed by atoms with E-state index in [0.717, 1.165) is 16.8 Å². The van der Waals surface area contributed by atoms with Crippen molar-refractivity contribution in [2.75, 3.05) is 5.75 Å². The van der Waals surface area contributed by atoms with E-state index in [1.807, 2.05) is 25.1 Å². The zero-order valence-electron chi connectivity index (χ0n) is 10.7. The van der Waals surface area contributed by atoms with Gasteiger partial charge in [0.05, 0.1) is 24.0 Å². The van der Waals surface area contributed by atoms with Crippen LogP contribution in [0.3, 0.4) is 0 Å². The highest BCUT2D eigenvalue weighted by atomic mass is 32.2. The predicted octanol–water partition coefficient (Wildman–Crippen LogP) is 2.17. The van der Waals surface area contributed by atoms with E-state index in [4.69, 9.17) is 4.42 Å². The lowest BCUT2D eigenvalue weighted by Crippen LogP contribution is -2.25. The fraction of sp³-hybridized carbons (Fsp3) is 0.308. The van der Waals surface area contributed by atoms with E-state index >= 15 is 0 Å². The molecule has 6 heteroatoms. The molecule has 0 aromatic carbocycles. The van der Waals surface area contributed by atoms with E-state index in [2.05, 4.69) is 9.71 Å². The van der Waals surface area contributed by atoms with Gasteiger partial charge in [-0.2, -0.15) is 0 Å². The van der Waals surface area contributed by atoms with Crippen molar-refractivity contribution in [1.29, 1.82) is 0 Å². The fourth-order valence-electron chi connectivity index (χ4n) is 1.64. The van der Waals surface area contributed by atoms with E-state index in [1.165, 1.54) is 0 Å². The maximum absolute atomic E-state index is 11.5. The Balaban J connectivity index is 2.00. The molecule has 0 saturated carbocycles. The Morgan fingerprint density at radius 1 is 1.32 bits per heavy atom. The average Bonchev–Trinajstić information content (AvgIpc) is 2.91. The minimum absolute atomic E-state index is 0.146. The van der Waals surface area contributed by atoms with Crippen LogP contribution in [0.25, 0.3) is 11.3 Å². The van der Waals surface area contributed by atoms with Crippen LogP contribution in [0.4, 0.5) is 0 Å². The highest BCUT2D eigenvalue weighted by molar-refractivity contribution is 7.89. The standard InChI is InChI=1S/C13H16N2O3S/c1-2-7-19(16,17)15-9-11-3-4-13(14-8-11)12-5-6-18-10-12/h3-6,8,10,15H,2,7,9H2,1H3. The van der Waals surface area contributed by atoms with Gasteiger partial charge in [-0.1, -0.05) is 13.0 Å². The average molecular weight is 280 g/mol. The van der Waals surface area contributed by atoms with E-state index in [0.29, 0.717) is 6.42 Å². The van der Waals surface area contributed by atoms with Gasteiger partial charge in [0.25, 0.3) is 0 Å². The molecule has 2 aromatic rings. The zero-order chi connectivity index (χ0) is 13.7. The van der Waals surface area contributed by atoms with Crippen molar-refractivity contribution in [3.05, 3.63) is 42.5 Å². The van der Waals surface area contributed by atoms with Crippen molar-refractivity contribution in [1.82, 2.24) is 9.71 Å². The van der Waals surface area contributed by atoms with E-state index in [1.54, 1.807) is 18.7 Å². The van der Waals surface area contributed by atoms with Crippen LogP contribution >= 0.6 is 0 Å². The van der Waals surface area contributed by atoms with Crippen molar-refractivity contribution < 1.29 is 12.8 Å². The molecule has 2 heterocycles. The van der Waals surface area contributed by atoms with Crippen LogP contribution in [0.2, 0.25) is 0 Å². The first kappa shape index (κ1) is 13.8.